The molecule has 0 aromatic rings. The zero-order chi connectivity index (χ0) is 14.9. The Morgan fingerprint density at radius 2 is 1.56 bits per heavy atom. The number of aliphatic hydroxyl groups is 1. The molecule has 0 aliphatic carbocycles. The lowest BCUT2D eigenvalue weighted by Crippen LogP contribution is -2.25. The van der Waals surface area contributed by atoms with E-state index in [0.717, 1.165) is 0 Å². The van der Waals surface area contributed by atoms with E-state index in [9.17, 15) is 9.59 Å². The van der Waals surface area contributed by atoms with Gasteiger partial charge in [0.1, 0.15) is 0 Å². The van der Waals surface area contributed by atoms with Crippen molar-refractivity contribution < 1.29 is 24.5 Å². The van der Waals surface area contributed by atoms with Gasteiger partial charge in [-0.05, 0) is 13.8 Å². The standard InChI is InChI=1S/C9H16O3.C4H6O2/c1-7(2)8(11)12-6-9(3,4)5-10;1-3(2)4(5)6/h10H,1,5-6H2,2-4H3;1H2,2H3,(H,5,6). The predicted molar refractivity (Wildman–Crippen MR) is 69.1 cm³/mol. The van der Waals surface area contributed by atoms with Crippen LogP contribution in [0.2, 0.25) is 0 Å². The number of aliphatic carboxylic acids is 1. The third-order valence-electron chi connectivity index (χ3n) is 1.74. The second-order valence-corrected chi connectivity index (χ2v) is 4.76. The molecule has 0 saturated heterocycles. The third kappa shape index (κ3) is 10.9. The summed E-state index contributed by atoms with van der Waals surface area (Å²) in [4.78, 5) is 20.5. The third-order valence-corrected chi connectivity index (χ3v) is 1.74. The molecule has 0 bridgehead atoms. The number of rotatable bonds is 5. The Balaban J connectivity index is 0. The summed E-state index contributed by atoms with van der Waals surface area (Å²) < 4.78 is 4.86. The molecule has 0 rings (SSSR count). The zero-order valence-corrected chi connectivity index (χ0v) is 11.4. The number of hydrogen-bond donors (Lipinski definition) is 2. The van der Waals surface area contributed by atoms with E-state index in [1.54, 1.807) is 6.92 Å². The average Bonchev–Trinajstić information content (AvgIpc) is 2.26. The van der Waals surface area contributed by atoms with E-state index in [1.807, 2.05) is 13.8 Å². The van der Waals surface area contributed by atoms with Crippen LogP contribution in [0.4, 0.5) is 0 Å². The summed E-state index contributed by atoms with van der Waals surface area (Å²) in [5.41, 5.74) is 0.184. The molecule has 0 atom stereocenters. The minimum atomic E-state index is -0.935. The molecule has 0 aliphatic heterocycles. The summed E-state index contributed by atoms with van der Waals surface area (Å²) in [6, 6.07) is 0. The van der Waals surface area contributed by atoms with E-state index < -0.39 is 11.9 Å². The molecule has 0 spiro atoms. The van der Waals surface area contributed by atoms with Gasteiger partial charge in [0, 0.05) is 16.6 Å². The van der Waals surface area contributed by atoms with Gasteiger partial charge in [-0.3, -0.25) is 0 Å². The van der Waals surface area contributed by atoms with Gasteiger partial charge in [0.15, 0.2) is 0 Å². The lowest BCUT2D eigenvalue weighted by Gasteiger charge is -2.20. The van der Waals surface area contributed by atoms with Gasteiger partial charge >= 0.3 is 11.9 Å². The van der Waals surface area contributed by atoms with Crippen molar-refractivity contribution in [2.24, 2.45) is 5.41 Å². The maximum Gasteiger partial charge on any atom is 0.333 e. The summed E-state index contributed by atoms with van der Waals surface area (Å²) in [5, 5.41) is 16.7. The second kappa shape index (κ2) is 8.47. The SMILES string of the molecule is C=C(C)C(=O)O.C=C(C)C(=O)OCC(C)(C)CO. The predicted octanol–water partition coefficient (Wildman–Crippen LogP) is 1.77. The molecule has 0 aromatic carbocycles. The Kier molecular flexibility index (Phi) is 8.81. The fourth-order valence-electron chi connectivity index (χ4n) is 0.430. The van der Waals surface area contributed by atoms with Crippen LogP contribution >= 0.6 is 0 Å². The Hall–Kier alpha value is -1.62. The Morgan fingerprint density at radius 1 is 1.17 bits per heavy atom. The van der Waals surface area contributed by atoms with E-state index in [2.05, 4.69) is 13.2 Å². The molecule has 0 heterocycles. The lowest BCUT2D eigenvalue weighted by molar-refractivity contribution is -0.142. The molecule has 0 unspecified atom stereocenters. The molecule has 18 heavy (non-hydrogen) atoms. The van der Waals surface area contributed by atoms with Crippen LogP contribution < -0.4 is 0 Å². The number of carbonyl (C=O) groups excluding carboxylic acids is 1. The van der Waals surface area contributed by atoms with Crippen LogP contribution in [0.5, 0.6) is 0 Å². The molecule has 0 fully saturated rings. The fraction of sp³-hybridized carbons (Fsp3) is 0.538. The van der Waals surface area contributed by atoms with Crippen LogP contribution in [0.15, 0.2) is 24.3 Å². The van der Waals surface area contributed by atoms with Gasteiger partial charge in [0.2, 0.25) is 0 Å². The largest absolute Gasteiger partial charge is 0.478 e. The summed E-state index contributed by atoms with van der Waals surface area (Å²) in [6.45, 7) is 13.5. The number of ether oxygens (including phenoxy) is 1. The molecular formula is C13H22O5. The topological polar surface area (TPSA) is 83.8 Å². The molecule has 0 aromatic heterocycles. The lowest BCUT2D eigenvalue weighted by atomic mass is 9.97. The molecule has 0 amide bonds. The van der Waals surface area contributed by atoms with E-state index in [1.165, 1.54) is 6.92 Å². The van der Waals surface area contributed by atoms with Crippen LogP contribution in [0.25, 0.3) is 0 Å². The van der Waals surface area contributed by atoms with Gasteiger partial charge in [-0.15, -0.1) is 0 Å². The molecule has 0 radical (unpaired) electrons. The van der Waals surface area contributed by atoms with Gasteiger partial charge in [-0.25, -0.2) is 9.59 Å². The highest BCUT2D eigenvalue weighted by molar-refractivity contribution is 5.86. The van der Waals surface area contributed by atoms with E-state index >= 15 is 0 Å². The number of carbonyl (C=O) groups is 2. The first-order valence-electron chi connectivity index (χ1n) is 5.36. The summed E-state index contributed by atoms with van der Waals surface area (Å²) >= 11 is 0. The van der Waals surface area contributed by atoms with Gasteiger partial charge < -0.3 is 14.9 Å². The van der Waals surface area contributed by atoms with Gasteiger partial charge in [-0.1, -0.05) is 27.0 Å². The fourth-order valence-corrected chi connectivity index (χ4v) is 0.430. The summed E-state index contributed by atoms with van der Waals surface area (Å²) in [6.07, 6.45) is 0. The molecule has 2 N–H and O–H groups in total. The molecule has 5 heteroatoms. The first kappa shape index (κ1) is 18.7. The highest BCUT2D eigenvalue weighted by Crippen LogP contribution is 2.14. The van der Waals surface area contributed by atoms with E-state index in [0.29, 0.717) is 5.57 Å². The Bertz CT molecular complexity index is 316. The van der Waals surface area contributed by atoms with Crippen LogP contribution in [-0.4, -0.2) is 35.4 Å². The molecule has 0 aliphatic rings. The first-order valence-corrected chi connectivity index (χ1v) is 5.36. The van der Waals surface area contributed by atoms with Crippen molar-refractivity contribution >= 4 is 11.9 Å². The van der Waals surface area contributed by atoms with Crippen LogP contribution in [0, 0.1) is 5.41 Å². The first-order chi connectivity index (χ1) is 8.03. The molecule has 5 nitrogen and oxygen atoms in total. The summed E-state index contributed by atoms with van der Waals surface area (Å²) in [5.74, 6) is -1.34. The average molecular weight is 258 g/mol. The Morgan fingerprint density at radius 3 is 1.78 bits per heavy atom. The van der Waals surface area contributed by atoms with E-state index in [4.69, 9.17) is 14.9 Å². The second-order valence-electron chi connectivity index (χ2n) is 4.76. The van der Waals surface area contributed by atoms with Gasteiger partial charge in [-0.2, -0.15) is 0 Å². The van der Waals surface area contributed by atoms with Crippen molar-refractivity contribution in [3.63, 3.8) is 0 Å². The Labute approximate surface area is 108 Å². The van der Waals surface area contributed by atoms with Crippen molar-refractivity contribution in [1.82, 2.24) is 0 Å². The maximum atomic E-state index is 10.9. The monoisotopic (exact) mass is 258 g/mol. The number of hydrogen-bond acceptors (Lipinski definition) is 4. The zero-order valence-electron chi connectivity index (χ0n) is 11.4. The quantitative estimate of drug-likeness (QED) is 0.580. The van der Waals surface area contributed by atoms with Crippen molar-refractivity contribution in [3.05, 3.63) is 24.3 Å². The number of aliphatic hydroxyl groups excluding tert-OH is 1. The molecule has 0 saturated carbocycles. The summed E-state index contributed by atoms with van der Waals surface area (Å²) in [7, 11) is 0. The van der Waals surface area contributed by atoms with Crippen molar-refractivity contribution in [3.8, 4) is 0 Å². The van der Waals surface area contributed by atoms with Gasteiger partial charge in [0.05, 0.1) is 13.2 Å². The van der Waals surface area contributed by atoms with Crippen LogP contribution in [0.3, 0.4) is 0 Å². The highest BCUT2D eigenvalue weighted by atomic mass is 16.5. The number of carboxylic acids is 1. The number of carboxylic acid groups (broad SMARTS) is 1. The minimum absolute atomic E-state index is 0.00350. The minimum Gasteiger partial charge on any atom is -0.478 e. The molecular weight excluding hydrogens is 236 g/mol. The van der Waals surface area contributed by atoms with Crippen LogP contribution in [-0.2, 0) is 14.3 Å². The van der Waals surface area contributed by atoms with Crippen molar-refractivity contribution in [2.75, 3.05) is 13.2 Å². The van der Waals surface area contributed by atoms with Crippen LogP contribution in [0.1, 0.15) is 27.7 Å². The normalized spacial score (nSPS) is 9.83. The maximum absolute atomic E-state index is 10.9. The number of esters is 1. The smallest absolute Gasteiger partial charge is 0.333 e. The van der Waals surface area contributed by atoms with Gasteiger partial charge in [0.25, 0.3) is 0 Å². The van der Waals surface area contributed by atoms with Crippen molar-refractivity contribution in [1.29, 1.82) is 0 Å². The highest BCUT2D eigenvalue weighted by Gasteiger charge is 2.18. The van der Waals surface area contributed by atoms with Crippen molar-refractivity contribution in [2.45, 2.75) is 27.7 Å². The van der Waals surface area contributed by atoms with E-state index in [-0.39, 0.29) is 24.2 Å². The molecule has 104 valence electrons.